The Balaban J connectivity index is 2.13. The molecule has 0 aromatic heterocycles. The van der Waals surface area contributed by atoms with Crippen molar-refractivity contribution in [2.24, 2.45) is 16.8 Å². The van der Waals surface area contributed by atoms with Gasteiger partial charge in [-0.05, 0) is 12.6 Å². The van der Waals surface area contributed by atoms with Gasteiger partial charge in [0.05, 0.1) is 0 Å². The summed E-state index contributed by atoms with van der Waals surface area (Å²) in [5, 5.41) is 11.9. The number of amidine groups is 1. The first kappa shape index (κ1) is 14.8. The predicted molar refractivity (Wildman–Crippen MR) is 80.8 cm³/mol. The zero-order valence-electron chi connectivity index (χ0n) is 12.2. The molecular weight excluding hydrogens is 252 g/mol. The number of rotatable bonds is 4. The van der Waals surface area contributed by atoms with Gasteiger partial charge in [-0.2, -0.15) is 0 Å². The summed E-state index contributed by atoms with van der Waals surface area (Å²) in [5.41, 5.74) is 7.03. The second-order valence-corrected chi connectivity index (χ2v) is 5.61. The minimum Gasteiger partial charge on any atom is -0.409 e. The van der Waals surface area contributed by atoms with Gasteiger partial charge in [-0.1, -0.05) is 42.4 Å². The molecule has 1 saturated heterocycles. The van der Waals surface area contributed by atoms with Crippen LogP contribution in [0.2, 0.25) is 0 Å². The summed E-state index contributed by atoms with van der Waals surface area (Å²) < 4.78 is 0. The molecule has 2 unspecified atom stereocenters. The molecule has 0 saturated carbocycles. The molecule has 5 heteroatoms. The Hall–Kier alpha value is -1.59. The highest BCUT2D eigenvalue weighted by molar-refractivity contribution is 5.82. The number of hydrogen-bond acceptors (Lipinski definition) is 4. The van der Waals surface area contributed by atoms with Gasteiger partial charge < -0.3 is 15.8 Å². The van der Waals surface area contributed by atoms with Gasteiger partial charge in [-0.15, -0.1) is 0 Å². The first-order valence-corrected chi connectivity index (χ1v) is 7.06. The second kappa shape index (κ2) is 6.72. The highest BCUT2D eigenvalue weighted by Crippen LogP contribution is 2.25. The monoisotopic (exact) mass is 276 g/mol. The molecule has 5 nitrogen and oxygen atoms in total. The number of hydrogen-bond donors (Lipinski definition) is 2. The van der Waals surface area contributed by atoms with Crippen molar-refractivity contribution in [3.63, 3.8) is 0 Å². The van der Waals surface area contributed by atoms with Gasteiger partial charge in [-0.3, -0.25) is 4.90 Å². The van der Waals surface area contributed by atoms with Gasteiger partial charge >= 0.3 is 0 Å². The van der Waals surface area contributed by atoms with E-state index in [2.05, 4.69) is 46.3 Å². The topological polar surface area (TPSA) is 65.1 Å². The third-order valence-corrected chi connectivity index (χ3v) is 4.01. The van der Waals surface area contributed by atoms with Crippen molar-refractivity contribution in [2.75, 3.05) is 33.2 Å². The average molecular weight is 276 g/mol. The lowest BCUT2D eigenvalue weighted by Gasteiger charge is -2.41. The van der Waals surface area contributed by atoms with Crippen molar-refractivity contribution in [3.8, 4) is 0 Å². The molecule has 20 heavy (non-hydrogen) atoms. The molecule has 0 bridgehead atoms. The van der Waals surface area contributed by atoms with Gasteiger partial charge in [0.2, 0.25) is 0 Å². The average Bonchev–Trinajstić information content (AvgIpc) is 2.49. The minimum atomic E-state index is 0.0506. The number of nitrogens with zero attached hydrogens (tertiary/aromatic N) is 3. The Labute approximate surface area is 120 Å². The van der Waals surface area contributed by atoms with E-state index >= 15 is 0 Å². The van der Waals surface area contributed by atoms with Crippen LogP contribution in [0.5, 0.6) is 0 Å². The summed E-state index contributed by atoms with van der Waals surface area (Å²) in [6.07, 6.45) is 0. The smallest absolute Gasteiger partial charge is 0.143 e. The van der Waals surface area contributed by atoms with Crippen LogP contribution in [-0.4, -0.2) is 54.1 Å². The van der Waals surface area contributed by atoms with Crippen molar-refractivity contribution in [1.29, 1.82) is 0 Å². The Kier molecular flexibility index (Phi) is 4.98. The van der Waals surface area contributed by atoms with E-state index in [1.807, 2.05) is 13.0 Å². The molecule has 2 rings (SSSR count). The van der Waals surface area contributed by atoms with Crippen molar-refractivity contribution in [2.45, 2.75) is 13.0 Å². The van der Waals surface area contributed by atoms with Crippen molar-refractivity contribution >= 4 is 5.84 Å². The van der Waals surface area contributed by atoms with Crippen LogP contribution in [0, 0.1) is 5.92 Å². The van der Waals surface area contributed by atoms with Crippen molar-refractivity contribution in [1.82, 2.24) is 9.80 Å². The van der Waals surface area contributed by atoms with Crippen LogP contribution < -0.4 is 5.73 Å². The molecule has 1 aliphatic rings. The molecular formula is C15H24N4O. The maximum atomic E-state index is 8.80. The zero-order chi connectivity index (χ0) is 14.5. The van der Waals surface area contributed by atoms with Crippen LogP contribution in [0.25, 0.3) is 0 Å². The summed E-state index contributed by atoms with van der Waals surface area (Å²) in [6.45, 7) is 5.86. The van der Waals surface area contributed by atoms with E-state index in [1.165, 1.54) is 5.56 Å². The van der Waals surface area contributed by atoms with Gasteiger partial charge in [0.1, 0.15) is 5.84 Å². The second-order valence-electron chi connectivity index (χ2n) is 5.61. The lowest BCUT2D eigenvalue weighted by Crippen LogP contribution is -2.49. The Morgan fingerprint density at radius 3 is 2.75 bits per heavy atom. The van der Waals surface area contributed by atoms with Crippen LogP contribution in [0.15, 0.2) is 35.5 Å². The molecule has 0 spiro atoms. The van der Waals surface area contributed by atoms with Crippen LogP contribution >= 0.6 is 0 Å². The van der Waals surface area contributed by atoms with E-state index < -0.39 is 0 Å². The molecule has 1 aromatic carbocycles. The molecule has 1 aliphatic heterocycles. The summed E-state index contributed by atoms with van der Waals surface area (Å²) in [6, 6.07) is 10.9. The SMILES string of the molecule is CC(CN1CCN(C)CC1c1ccccc1)/C(N)=N/O. The van der Waals surface area contributed by atoms with Crippen LogP contribution in [0.4, 0.5) is 0 Å². The first-order valence-electron chi connectivity index (χ1n) is 7.06. The molecule has 0 amide bonds. The van der Waals surface area contributed by atoms with Crippen LogP contribution in [0.3, 0.4) is 0 Å². The zero-order valence-corrected chi connectivity index (χ0v) is 12.2. The molecule has 0 aliphatic carbocycles. The van der Waals surface area contributed by atoms with E-state index in [1.54, 1.807) is 0 Å². The fraction of sp³-hybridized carbons (Fsp3) is 0.533. The number of benzene rings is 1. The Morgan fingerprint density at radius 2 is 2.10 bits per heavy atom. The molecule has 1 aromatic rings. The molecule has 0 radical (unpaired) electrons. The van der Waals surface area contributed by atoms with E-state index in [9.17, 15) is 0 Å². The lowest BCUT2D eigenvalue weighted by atomic mass is 10.0. The largest absolute Gasteiger partial charge is 0.409 e. The molecule has 3 N–H and O–H groups in total. The number of nitrogens with two attached hydrogens (primary N) is 1. The summed E-state index contributed by atoms with van der Waals surface area (Å²) in [5.74, 6) is 0.352. The van der Waals surface area contributed by atoms with Gasteiger partial charge in [0.25, 0.3) is 0 Å². The van der Waals surface area contributed by atoms with E-state index in [0.717, 1.165) is 26.2 Å². The fourth-order valence-electron chi connectivity index (χ4n) is 2.71. The Morgan fingerprint density at radius 1 is 1.40 bits per heavy atom. The molecule has 1 fully saturated rings. The first-order chi connectivity index (χ1) is 9.61. The third kappa shape index (κ3) is 3.49. The van der Waals surface area contributed by atoms with Crippen molar-refractivity contribution in [3.05, 3.63) is 35.9 Å². The lowest BCUT2D eigenvalue weighted by molar-refractivity contribution is 0.0838. The number of oxime groups is 1. The maximum Gasteiger partial charge on any atom is 0.143 e. The highest BCUT2D eigenvalue weighted by atomic mass is 16.4. The maximum absolute atomic E-state index is 8.80. The molecule has 110 valence electrons. The van der Waals surface area contributed by atoms with Gasteiger partial charge in [0.15, 0.2) is 0 Å². The predicted octanol–water partition coefficient (Wildman–Crippen LogP) is 1.36. The van der Waals surface area contributed by atoms with Gasteiger partial charge in [-0.25, -0.2) is 0 Å². The molecule has 1 heterocycles. The molecule has 2 atom stereocenters. The fourth-order valence-corrected chi connectivity index (χ4v) is 2.71. The van der Waals surface area contributed by atoms with E-state index in [0.29, 0.717) is 11.9 Å². The number of likely N-dealkylation sites (N-methyl/N-ethyl adjacent to an activating group) is 1. The Bertz CT molecular complexity index is 448. The minimum absolute atomic E-state index is 0.0506. The summed E-state index contributed by atoms with van der Waals surface area (Å²) in [4.78, 5) is 4.78. The van der Waals surface area contributed by atoms with Gasteiger partial charge in [0, 0.05) is 38.1 Å². The standard InChI is InChI=1S/C15H24N4O/c1-12(15(16)17-20)10-19-9-8-18(2)11-14(19)13-6-4-3-5-7-13/h3-7,12,14,20H,8-11H2,1-2H3,(H2,16,17). The van der Waals surface area contributed by atoms with Crippen LogP contribution in [-0.2, 0) is 0 Å². The highest BCUT2D eigenvalue weighted by Gasteiger charge is 2.28. The quantitative estimate of drug-likeness (QED) is 0.377. The third-order valence-electron chi connectivity index (χ3n) is 4.01. The normalized spacial score (nSPS) is 23.7. The summed E-state index contributed by atoms with van der Waals surface area (Å²) in [7, 11) is 2.15. The summed E-state index contributed by atoms with van der Waals surface area (Å²) >= 11 is 0. The van der Waals surface area contributed by atoms with E-state index in [-0.39, 0.29) is 5.92 Å². The van der Waals surface area contributed by atoms with E-state index in [4.69, 9.17) is 10.9 Å². The van der Waals surface area contributed by atoms with Crippen LogP contribution in [0.1, 0.15) is 18.5 Å². The van der Waals surface area contributed by atoms with Crippen molar-refractivity contribution < 1.29 is 5.21 Å². The number of piperazine rings is 1.